The maximum Gasteiger partial charge on any atom is 0.240 e. The lowest BCUT2D eigenvalue weighted by Crippen LogP contribution is -2.37. The number of nitrogens with zero attached hydrogens (tertiary/aromatic N) is 1. The number of nitrogens with one attached hydrogen (secondary N) is 1. The van der Waals surface area contributed by atoms with Gasteiger partial charge in [0, 0.05) is 12.5 Å². The lowest BCUT2D eigenvalue weighted by atomic mass is 10.2. The molecule has 1 aliphatic carbocycles. The van der Waals surface area contributed by atoms with Gasteiger partial charge in [-0.15, -0.1) is 0 Å². The summed E-state index contributed by atoms with van der Waals surface area (Å²) in [6.07, 6.45) is 4.14. The molecule has 19 heavy (non-hydrogen) atoms. The number of carbonyl (C=O) groups excluding carboxylic acids is 1. The monoisotopic (exact) mass is 303 g/mol. The van der Waals surface area contributed by atoms with Crippen LogP contribution < -0.4 is 11.1 Å². The third-order valence-electron chi connectivity index (χ3n) is 2.94. The van der Waals surface area contributed by atoms with Crippen LogP contribution in [0.4, 0.5) is 5.82 Å². The van der Waals surface area contributed by atoms with Gasteiger partial charge in [-0.3, -0.25) is 4.79 Å². The van der Waals surface area contributed by atoms with Crippen LogP contribution in [-0.4, -0.2) is 31.6 Å². The van der Waals surface area contributed by atoms with E-state index in [0.29, 0.717) is 0 Å². The van der Waals surface area contributed by atoms with Crippen molar-refractivity contribution in [1.82, 2.24) is 4.98 Å². The highest BCUT2D eigenvalue weighted by Gasteiger charge is 2.35. The summed E-state index contributed by atoms with van der Waals surface area (Å²) in [7, 11) is -3.36. The maximum atomic E-state index is 11.4. The van der Waals surface area contributed by atoms with Gasteiger partial charge in [0.2, 0.25) is 5.91 Å². The normalized spacial score (nSPS) is 16.9. The molecular weight excluding hydrogens is 290 g/mol. The molecule has 0 bridgehead atoms. The van der Waals surface area contributed by atoms with E-state index < -0.39 is 21.8 Å². The number of carbonyl (C=O) groups is 1. The summed E-state index contributed by atoms with van der Waals surface area (Å²) >= 11 is 5.97. The summed E-state index contributed by atoms with van der Waals surface area (Å²) in [4.78, 5) is 15.3. The van der Waals surface area contributed by atoms with Crippen LogP contribution in [0.3, 0.4) is 0 Å². The summed E-state index contributed by atoms with van der Waals surface area (Å²) < 4.78 is 22.7. The topological polar surface area (TPSA) is 102 Å². The number of sulfone groups is 1. The Morgan fingerprint density at radius 2 is 2.21 bits per heavy atom. The van der Waals surface area contributed by atoms with E-state index in [9.17, 15) is 13.2 Å². The van der Waals surface area contributed by atoms with Gasteiger partial charge in [0.1, 0.15) is 11.9 Å². The van der Waals surface area contributed by atoms with Gasteiger partial charge in [0.15, 0.2) is 9.84 Å². The molecule has 3 N–H and O–H groups in total. The molecule has 2 rings (SSSR count). The molecule has 1 heterocycles. The Balaban J connectivity index is 2.24. The number of amides is 1. The lowest BCUT2D eigenvalue weighted by Gasteiger charge is -2.16. The van der Waals surface area contributed by atoms with Crippen LogP contribution in [0.2, 0.25) is 5.02 Å². The molecule has 0 aromatic carbocycles. The predicted octanol–water partition coefficient (Wildman–Crippen LogP) is 0.814. The fourth-order valence-corrected chi connectivity index (χ4v) is 2.59. The third-order valence-corrected chi connectivity index (χ3v) is 4.30. The number of halogens is 1. The van der Waals surface area contributed by atoms with Gasteiger partial charge in [0.25, 0.3) is 0 Å². The van der Waals surface area contributed by atoms with Crippen molar-refractivity contribution in [3.63, 3.8) is 0 Å². The number of rotatable bonds is 5. The Labute approximate surface area is 116 Å². The first kappa shape index (κ1) is 14.1. The largest absolute Gasteiger partial charge is 0.368 e. The Morgan fingerprint density at radius 3 is 2.63 bits per heavy atom. The van der Waals surface area contributed by atoms with Crippen LogP contribution in [-0.2, 0) is 14.6 Å². The fourth-order valence-electron chi connectivity index (χ4n) is 1.73. The van der Waals surface area contributed by atoms with Crippen LogP contribution in [0.15, 0.2) is 17.2 Å². The standard InChI is InChI=1S/C11H14ClN3O3S/c1-19(17,18)7-4-8(12)11(14-5-7)15-9(10(13)16)6-2-3-6/h4-6,9H,2-3H2,1H3,(H2,13,16)(H,14,15). The van der Waals surface area contributed by atoms with E-state index in [1.807, 2.05) is 0 Å². The lowest BCUT2D eigenvalue weighted by molar-refractivity contribution is -0.119. The van der Waals surface area contributed by atoms with Crippen LogP contribution >= 0.6 is 11.6 Å². The zero-order chi connectivity index (χ0) is 14.2. The molecule has 0 aliphatic heterocycles. The predicted molar refractivity (Wildman–Crippen MR) is 71.7 cm³/mol. The number of aromatic nitrogens is 1. The molecule has 1 aromatic heterocycles. The second-order valence-electron chi connectivity index (χ2n) is 4.64. The second-order valence-corrected chi connectivity index (χ2v) is 7.06. The van der Waals surface area contributed by atoms with Crippen molar-refractivity contribution < 1.29 is 13.2 Å². The number of hydrogen-bond donors (Lipinski definition) is 2. The second kappa shape index (κ2) is 4.97. The van der Waals surface area contributed by atoms with Crippen molar-refractivity contribution in [3.8, 4) is 0 Å². The van der Waals surface area contributed by atoms with E-state index in [-0.39, 0.29) is 21.7 Å². The zero-order valence-corrected chi connectivity index (χ0v) is 11.8. The summed E-state index contributed by atoms with van der Waals surface area (Å²) in [5.74, 6) is 0.00211. The number of nitrogens with two attached hydrogens (primary N) is 1. The first-order valence-corrected chi connectivity index (χ1v) is 7.97. The quantitative estimate of drug-likeness (QED) is 0.838. The Kier molecular flexibility index (Phi) is 3.69. The number of primary amides is 1. The molecule has 1 fully saturated rings. The van der Waals surface area contributed by atoms with E-state index in [4.69, 9.17) is 17.3 Å². The SMILES string of the molecule is CS(=O)(=O)c1cnc(NC(C(N)=O)C2CC2)c(Cl)c1. The smallest absolute Gasteiger partial charge is 0.240 e. The van der Waals surface area contributed by atoms with Crippen LogP contribution in [0.1, 0.15) is 12.8 Å². The highest BCUT2D eigenvalue weighted by Crippen LogP contribution is 2.35. The molecule has 0 saturated heterocycles. The highest BCUT2D eigenvalue weighted by molar-refractivity contribution is 7.90. The molecule has 8 heteroatoms. The minimum absolute atomic E-state index is 0.0325. The molecule has 0 spiro atoms. The molecule has 0 radical (unpaired) electrons. The van der Waals surface area contributed by atoms with E-state index in [1.165, 1.54) is 12.3 Å². The van der Waals surface area contributed by atoms with Crippen molar-refractivity contribution in [1.29, 1.82) is 0 Å². The van der Waals surface area contributed by atoms with Crippen molar-refractivity contribution in [3.05, 3.63) is 17.3 Å². The van der Waals surface area contributed by atoms with Crippen molar-refractivity contribution in [2.45, 2.75) is 23.8 Å². The fraction of sp³-hybridized carbons (Fsp3) is 0.455. The van der Waals surface area contributed by atoms with Gasteiger partial charge in [-0.25, -0.2) is 13.4 Å². The maximum absolute atomic E-state index is 11.4. The number of hydrogen-bond acceptors (Lipinski definition) is 5. The van der Waals surface area contributed by atoms with Crippen molar-refractivity contribution in [2.24, 2.45) is 11.7 Å². The molecule has 104 valence electrons. The molecule has 1 atom stereocenters. The van der Waals surface area contributed by atoms with Crippen LogP contribution in [0.25, 0.3) is 0 Å². The summed E-state index contributed by atoms with van der Waals surface area (Å²) in [5.41, 5.74) is 5.31. The Morgan fingerprint density at radius 1 is 1.58 bits per heavy atom. The highest BCUT2D eigenvalue weighted by atomic mass is 35.5. The van der Waals surface area contributed by atoms with Gasteiger partial charge in [-0.1, -0.05) is 11.6 Å². The van der Waals surface area contributed by atoms with Gasteiger partial charge >= 0.3 is 0 Å². The summed E-state index contributed by atoms with van der Waals surface area (Å²) in [5, 5.41) is 3.02. The Hall–Kier alpha value is -1.34. The van der Waals surface area contributed by atoms with E-state index in [1.54, 1.807) is 0 Å². The minimum Gasteiger partial charge on any atom is -0.368 e. The van der Waals surface area contributed by atoms with Crippen molar-refractivity contribution >= 4 is 33.2 Å². The summed E-state index contributed by atoms with van der Waals surface area (Å²) in [6, 6.07) is 0.783. The molecule has 1 amide bonds. The first-order valence-electron chi connectivity index (χ1n) is 5.70. The molecule has 6 nitrogen and oxygen atoms in total. The van der Waals surface area contributed by atoms with E-state index >= 15 is 0 Å². The van der Waals surface area contributed by atoms with Gasteiger partial charge in [-0.2, -0.15) is 0 Å². The Bertz CT molecular complexity index is 614. The molecule has 1 aliphatic rings. The number of anilines is 1. The molecule has 1 saturated carbocycles. The van der Waals surface area contributed by atoms with Crippen LogP contribution in [0, 0.1) is 5.92 Å². The molecule has 1 unspecified atom stereocenters. The molecule has 1 aromatic rings. The molecular formula is C11H14ClN3O3S. The van der Waals surface area contributed by atoms with Crippen molar-refractivity contribution in [2.75, 3.05) is 11.6 Å². The summed E-state index contributed by atoms with van der Waals surface area (Å²) in [6.45, 7) is 0. The van der Waals surface area contributed by atoms with Gasteiger partial charge < -0.3 is 11.1 Å². The minimum atomic E-state index is -3.36. The number of pyridine rings is 1. The van der Waals surface area contributed by atoms with E-state index in [0.717, 1.165) is 19.1 Å². The van der Waals surface area contributed by atoms with Gasteiger partial charge in [-0.05, 0) is 24.8 Å². The van der Waals surface area contributed by atoms with Gasteiger partial charge in [0.05, 0.1) is 9.92 Å². The third kappa shape index (κ3) is 3.36. The van der Waals surface area contributed by atoms with E-state index in [2.05, 4.69) is 10.3 Å². The average molecular weight is 304 g/mol. The zero-order valence-electron chi connectivity index (χ0n) is 10.3. The average Bonchev–Trinajstić information content (AvgIpc) is 3.09. The first-order chi connectivity index (χ1) is 8.79. The van der Waals surface area contributed by atoms with Crippen LogP contribution in [0.5, 0.6) is 0 Å².